The molecule has 0 amide bonds. The van der Waals surface area contributed by atoms with Crippen LogP contribution in [0.25, 0.3) is 11.6 Å². The smallest absolute Gasteiger partial charge is 0.267 e. The lowest BCUT2D eigenvalue weighted by Crippen LogP contribution is -2.34. The Morgan fingerprint density at radius 1 is 1.27 bits per heavy atom. The van der Waals surface area contributed by atoms with Crippen molar-refractivity contribution in [1.82, 2.24) is 25.1 Å². The van der Waals surface area contributed by atoms with Gasteiger partial charge in [-0.3, -0.25) is 9.88 Å². The van der Waals surface area contributed by atoms with Crippen LogP contribution in [-0.2, 0) is 6.54 Å². The van der Waals surface area contributed by atoms with Crippen LogP contribution in [0.1, 0.15) is 30.2 Å². The van der Waals surface area contributed by atoms with E-state index in [1.165, 1.54) is 5.56 Å². The van der Waals surface area contributed by atoms with Crippen LogP contribution in [-0.4, -0.2) is 45.3 Å². The van der Waals surface area contributed by atoms with Crippen LogP contribution in [0.2, 0.25) is 0 Å². The summed E-state index contributed by atoms with van der Waals surface area (Å²) in [4.78, 5) is 10.7. The molecule has 1 saturated heterocycles. The van der Waals surface area contributed by atoms with Crippen molar-refractivity contribution in [3.63, 3.8) is 0 Å². The summed E-state index contributed by atoms with van der Waals surface area (Å²) in [5, 5.41) is 8.39. The molecular formula is C19H21N5O2. The predicted octanol–water partition coefficient (Wildman–Crippen LogP) is 2.91. The first-order valence-corrected chi connectivity index (χ1v) is 8.77. The SMILES string of the molecule is COc1cccc(CN2CCC[C@H](c3nnc(-c4cnccn4)o3)C2)c1. The molecule has 4 rings (SSSR count). The maximum Gasteiger partial charge on any atom is 0.267 e. The first kappa shape index (κ1) is 16.7. The Hall–Kier alpha value is -2.80. The van der Waals surface area contributed by atoms with Crippen molar-refractivity contribution in [3.05, 3.63) is 54.3 Å². The quantitative estimate of drug-likeness (QED) is 0.699. The van der Waals surface area contributed by atoms with E-state index in [9.17, 15) is 0 Å². The first-order chi connectivity index (χ1) is 12.8. The van der Waals surface area contributed by atoms with Gasteiger partial charge in [0, 0.05) is 25.5 Å². The molecule has 1 atom stereocenters. The van der Waals surface area contributed by atoms with Gasteiger partial charge < -0.3 is 9.15 Å². The molecule has 7 nitrogen and oxygen atoms in total. The maximum atomic E-state index is 5.87. The summed E-state index contributed by atoms with van der Waals surface area (Å²) in [7, 11) is 1.69. The number of rotatable bonds is 5. The topological polar surface area (TPSA) is 77.2 Å². The summed E-state index contributed by atoms with van der Waals surface area (Å²) >= 11 is 0. The Labute approximate surface area is 152 Å². The third-order valence-corrected chi connectivity index (χ3v) is 4.62. The number of hydrogen-bond donors (Lipinski definition) is 0. The van der Waals surface area contributed by atoms with Gasteiger partial charge >= 0.3 is 0 Å². The summed E-state index contributed by atoms with van der Waals surface area (Å²) in [6, 6.07) is 8.21. The van der Waals surface area contributed by atoms with Crippen molar-refractivity contribution in [2.75, 3.05) is 20.2 Å². The van der Waals surface area contributed by atoms with Crippen LogP contribution in [0.4, 0.5) is 0 Å². The van der Waals surface area contributed by atoms with Crippen molar-refractivity contribution in [3.8, 4) is 17.3 Å². The molecule has 0 saturated carbocycles. The Morgan fingerprint density at radius 3 is 3.08 bits per heavy atom. The summed E-state index contributed by atoms with van der Waals surface area (Å²) in [6.45, 7) is 2.86. The molecule has 1 aliphatic rings. The van der Waals surface area contributed by atoms with Gasteiger partial charge in [-0.05, 0) is 37.1 Å². The van der Waals surface area contributed by atoms with Gasteiger partial charge in [-0.1, -0.05) is 12.1 Å². The van der Waals surface area contributed by atoms with Crippen molar-refractivity contribution in [2.24, 2.45) is 0 Å². The van der Waals surface area contributed by atoms with E-state index in [0.29, 0.717) is 17.5 Å². The Morgan fingerprint density at radius 2 is 2.23 bits per heavy atom. The van der Waals surface area contributed by atoms with E-state index in [0.717, 1.165) is 38.2 Å². The number of aromatic nitrogens is 4. The average molecular weight is 351 g/mol. The lowest BCUT2D eigenvalue weighted by atomic mass is 9.97. The fourth-order valence-corrected chi connectivity index (χ4v) is 3.34. The van der Waals surface area contributed by atoms with Gasteiger partial charge in [-0.25, -0.2) is 4.98 Å². The summed E-state index contributed by atoms with van der Waals surface area (Å²) < 4.78 is 11.2. The van der Waals surface area contributed by atoms with Crippen molar-refractivity contribution >= 4 is 0 Å². The van der Waals surface area contributed by atoms with Crippen LogP contribution in [0, 0.1) is 0 Å². The van der Waals surface area contributed by atoms with Gasteiger partial charge in [-0.15, -0.1) is 10.2 Å². The van der Waals surface area contributed by atoms with E-state index in [2.05, 4.69) is 37.2 Å². The van der Waals surface area contributed by atoms with E-state index in [1.807, 2.05) is 12.1 Å². The van der Waals surface area contributed by atoms with Crippen LogP contribution < -0.4 is 4.74 Å². The molecule has 0 radical (unpaired) electrons. The molecule has 0 spiro atoms. The molecule has 134 valence electrons. The van der Waals surface area contributed by atoms with E-state index < -0.39 is 0 Å². The lowest BCUT2D eigenvalue weighted by molar-refractivity contribution is 0.186. The number of ether oxygens (including phenoxy) is 1. The third-order valence-electron chi connectivity index (χ3n) is 4.62. The highest BCUT2D eigenvalue weighted by Gasteiger charge is 2.26. The van der Waals surface area contributed by atoms with Crippen molar-refractivity contribution in [2.45, 2.75) is 25.3 Å². The monoisotopic (exact) mass is 351 g/mol. The molecular weight excluding hydrogens is 330 g/mol. The molecule has 7 heteroatoms. The number of hydrogen-bond acceptors (Lipinski definition) is 7. The van der Waals surface area contributed by atoms with Crippen LogP contribution >= 0.6 is 0 Å². The molecule has 2 aromatic heterocycles. The zero-order chi connectivity index (χ0) is 17.8. The minimum atomic E-state index is 0.243. The summed E-state index contributed by atoms with van der Waals surface area (Å²) in [5.74, 6) is 2.24. The normalized spacial score (nSPS) is 18.0. The highest BCUT2D eigenvalue weighted by atomic mass is 16.5. The molecule has 0 unspecified atom stereocenters. The zero-order valence-corrected chi connectivity index (χ0v) is 14.7. The highest BCUT2D eigenvalue weighted by molar-refractivity contribution is 5.43. The molecule has 0 bridgehead atoms. The minimum Gasteiger partial charge on any atom is -0.497 e. The van der Waals surface area contributed by atoms with E-state index in [1.54, 1.807) is 25.7 Å². The van der Waals surface area contributed by atoms with Gasteiger partial charge in [0.1, 0.15) is 11.4 Å². The molecule has 1 aromatic carbocycles. The third kappa shape index (κ3) is 3.72. The first-order valence-electron chi connectivity index (χ1n) is 8.77. The number of piperidine rings is 1. The Balaban J connectivity index is 1.44. The molecule has 0 N–H and O–H groups in total. The van der Waals surface area contributed by atoms with Gasteiger partial charge in [0.05, 0.1) is 19.2 Å². The van der Waals surface area contributed by atoms with E-state index in [-0.39, 0.29) is 5.92 Å². The van der Waals surface area contributed by atoms with Gasteiger partial charge in [0.25, 0.3) is 5.89 Å². The van der Waals surface area contributed by atoms with Crippen molar-refractivity contribution in [1.29, 1.82) is 0 Å². The Kier molecular flexibility index (Phi) is 4.88. The number of likely N-dealkylation sites (tertiary alicyclic amines) is 1. The second-order valence-corrected chi connectivity index (χ2v) is 6.46. The Bertz CT molecular complexity index is 852. The summed E-state index contributed by atoms with van der Waals surface area (Å²) in [6.07, 6.45) is 7.04. The van der Waals surface area contributed by atoms with Gasteiger partial charge in [0.2, 0.25) is 5.89 Å². The molecule has 1 fully saturated rings. The van der Waals surface area contributed by atoms with Crippen LogP contribution in [0.5, 0.6) is 5.75 Å². The zero-order valence-electron chi connectivity index (χ0n) is 14.7. The van der Waals surface area contributed by atoms with E-state index >= 15 is 0 Å². The van der Waals surface area contributed by atoms with Crippen LogP contribution in [0.3, 0.4) is 0 Å². The molecule has 3 aromatic rings. The second-order valence-electron chi connectivity index (χ2n) is 6.46. The van der Waals surface area contributed by atoms with Gasteiger partial charge in [0.15, 0.2) is 0 Å². The average Bonchev–Trinajstić information content (AvgIpc) is 3.19. The number of nitrogens with zero attached hydrogens (tertiary/aromatic N) is 5. The fraction of sp³-hybridized carbons (Fsp3) is 0.368. The standard InChI is InChI=1S/C19H21N5O2/c1-25-16-6-2-4-14(10-16)12-24-9-3-5-15(13-24)18-22-23-19(26-18)17-11-20-7-8-21-17/h2,4,6-8,10-11,15H,3,5,9,12-13H2,1H3/t15-/m0/s1. The van der Waals surface area contributed by atoms with Crippen LogP contribution in [0.15, 0.2) is 47.3 Å². The second kappa shape index (κ2) is 7.61. The molecule has 26 heavy (non-hydrogen) atoms. The molecule has 0 aliphatic carbocycles. The number of methoxy groups -OCH3 is 1. The molecule has 3 heterocycles. The number of benzene rings is 1. The lowest BCUT2D eigenvalue weighted by Gasteiger charge is -2.31. The largest absolute Gasteiger partial charge is 0.497 e. The van der Waals surface area contributed by atoms with Gasteiger partial charge in [-0.2, -0.15) is 0 Å². The van der Waals surface area contributed by atoms with Crippen molar-refractivity contribution < 1.29 is 9.15 Å². The summed E-state index contributed by atoms with van der Waals surface area (Å²) in [5.41, 5.74) is 1.85. The molecule has 1 aliphatic heterocycles. The van der Waals surface area contributed by atoms with E-state index in [4.69, 9.17) is 9.15 Å². The predicted molar refractivity (Wildman–Crippen MR) is 95.6 cm³/mol. The maximum absolute atomic E-state index is 5.87. The highest BCUT2D eigenvalue weighted by Crippen LogP contribution is 2.28. The fourth-order valence-electron chi connectivity index (χ4n) is 3.34. The minimum absolute atomic E-state index is 0.243.